The summed E-state index contributed by atoms with van der Waals surface area (Å²) in [5.74, 6) is -2.10. The number of methoxy groups -OCH3 is 1. The molecule has 9 heteroatoms. The average Bonchev–Trinajstić information content (AvgIpc) is 2.72. The maximum absolute atomic E-state index is 12.2. The van der Waals surface area contributed by atoms with E-state index in [0.717, 1.165) is 6.07 Å². The van der Waals surface area contributed by atoms with Crippen molar-refractivity contribution in [2.45, 2.75) is 0 Å². The number of hydrogen-bond acceptors (Lipinski definition) is 6. The molecule has 0 atom stereocenters. The Morgan fingerprint density at radius 3 is 2.73 bits per heavy atom. The third-order valence-corrected chi connectivity index (χ3v) is 3.10. The third-order valence-electron chi connectivity index (χ3n) is 3.10. The number of carbonyl (C=O) groups excluding carboxylic acids is 3. The molecule has 3 amide bonds. The molecule has 1 heterocycles. The van der Waals surface area contributed by atoms with E-state index in [2.05, 4.69) is 5.32 Å². The topological polar surface area (TPSA) is 119 Å². The van der Waals surface area contributed by atoms with E-state index < -0.39 is 34.9 Å². The maximum Gasteiger partial charge on any atom is 0.282 e. The zero-order valence-corrected chi connectivity index (χ0v) is 11.7. The first-order valence-corrected chi connectivity index (χ1v) is 6.36. The van der Waals surface area contributed by atoms with Crippen LogP contribution in [0.5, 0.6) is 0 Å². The summed E-state index contributed by atoms with van der Waals surface area (Å²) in [6, 6.07) is 3.79. The number of imide groups is 1. The number of fused-ring (bicyclic) bond motifs is 1. The van der Waals surface area contributed by atoms with E-state index in [1.54, 1.807) is 0 Å². The molecule has 0 saturated heterocycles. The molecular weight excluding hydrogens is 294 g/mol. The molecule has 1 aromatic carbocycles. The summed E-state index contributed by atoms with van der Waals surface area (Å²) in [4.78, 5) is 46.9. The average molecular weight is 307 g/mol. The predicted molar refractivity (Wildman–Crippen MR) is 73.3 cm³/mol. The normalized spacial score (nSPS) is 13.2. The Kier molecular flexibility index (Phi) is 4.47. The van der Waals surface area contributed by atoms with Crippen molar-refractivity contribution in [1.82, 2.24) is 10.2 Å². The minimum Gasteiger partial charge on any atom is -0.383 e. The van der Waals surface area contributed by atoms with Crippen molar-refractivity contribution in [3.8, 4) is 0 Å². The first-order chi connectivity index (χ1) is 10.5. The molecule has 116 valence electrons. The molecule has 1 aromatic rings. The zero-order chi connectivity index (χ0) is 16.3. The van der Waals surface area contributed by atoms with Crippen molar-refractivity contribution in [2.75, 3.05) is 26.8 Å². The Hall–Kier alpha value is -2.81. The molecule has 0 radical (unpaired) electrons. The van der Waals surface area contributed by atoms with Crippen molar-refractivity contribution in [3.05, 3.63) is 39.4 Å². The second-order valence-corrected chi connectivity index (χ2v) is 4.50. The first kappa shape index (κ1) is 15.6. The van der Waals surface area contributed by atoms with Crippen LogP contribution in [-0.2, 0) is 9.53 Å². The molecule has 0 aromatic heterocycles. The van der Waals surface area contributed by atoms with E-state index in [9.17, 15) is 24.5 Å². The van der Waals surface area contributed by atoms with Gasteiger partial charge in [-0.1, -0.05) is 6.07 Å². The summed E-state index contributed by atoms with van der Waals surface area (Å²) >= 11 is 0. The molecule has 0 aliphatic carbocycles. The highest BCUT2D eigenvalue weighted by atomic mass is 16.6. The number of hydrogen-bond donors (Lipinski definition) is 1. The van der Waals surface area contributed by atoms with Gasteiger partial charge in [0.05, 0.1) is 17.1 Å². The lowest BCUT2D eigenvalue weighted by atomic mass is 10.1. The van der Waals surface area contributed by atoms with Gasteiger partial charge in [-0.25, -0.2) is 0 Å². The molecule has 2 rings (SSSR count). The van der Waals surface area contributed by atoms with E-state index in [-0.39, 0.29) is 17.7 Å². The highest BCUT2D eigenvalue weighted by molar-refractivity contribution is 6.24. The number of carbonyl (C=O) groups is 3. The summed E-state index contributed by atoms with van der Waals surface area (Å²) < 4.78 is 4.76. The van der Waals surface area contributed by atoms with Crippen molar-refractivity contribution in [3.63, 3.8) is 0 Å². The van der Waals surface area contributed by atoms with Gasteiger partial charge in [-0.05, 0) is 6.07 Å². The molecule has 9 nitrogen and oxygen atoms in total. The fourth-order valence-corrected chi connectivity index (χ4v) is 2.10. The van der Waals surface area contributed by atoms with Crippen LogP contribution in [0.1, 0.15) is 20.7 Å². The molecule has 0 spiro atoms. The Labute approximate surface area is 125 Å². The van der Waals surface area contributed by atoms with Crippen LogP contribution in [0.3, 0.4) is 0 Å². The van der Waals surface area contributed by atoms with E-state index in [4.69, 9.17) is 4.74 Å². The zero-order valence-electron chi connectivity index (χ0n) is 11.7. The van der Waals surface area contributed by atoms with Crippen LogP contribution in [0.4, 0.5) is 5.69 Å². The monoisotopic (exact) mass is 307 g/mol. The van der Waals surface area contributed by atoms with Crippen LogP contribution in [0, 0.1) is 10.1 Å². The summed E-state index contributed by atoms with van der Waals surface area (Å²) in [5, 5.41) is 13.4. The highest BCUT2D eigenvalue weighted by Crippen LogP contribution is 2.30. The summed E-state index contributed by atoms with van der Waals surface area (Å²) in [7, 11) is 1.47. The summed E-state index contributed by atoms with van der Waals surface area (Å²) in [6.45, 7) is 0.0329. The summed E-state index contributed by atoms with van der Waals surface area (Å²) in [6.07, 6.45) is 0. The van der Waals surface area contributed by atoms with Crippen LogP contribution in [0.25, 0.3) is 0 Å². The van der Waals surface area contributed by atoms with Crippen LogP contribution in [-0.4, -0.2) is 54.4 Å². The first-order valence-electron chi connectivity index (χ1n) is 6.36. The van der Waals surface area contributed by atoms with Gasteiger partial charge in [-0.2, -0.15) is 0 Å². The lowest BCUT2D eigenvalue weighted by molar-refractivity contribution is -0.385. The van der Waals surface area contributed by atoms with Crippen LogP contribution < -0.4 is 5.32 Å². The SMILES string of the molecule is COCCNC(=O)CN1C(=O)c2cccc([N+](=O)[O-])c2C1=O. The smallest absolute Gasteiger partial charge is 0.282 e. The summed E-state index contributed by atoms with van der Waals surface area (Å²) in [5.41, 5.74) is -0.788. The molecule has 0 fully saturated rings. The minimum atomic E-state index is -0.839. The van der Waals surface area contributed by atoms with E-state index in [1.807, 2.05) is 0 Å². The van der Waals surface area contributed by atoms with E-state index in [1.165, 1.54) is 19.2 Å². The minimum absolute atomic E-state index is 0.0658. The van der Waals surface area contributed by atoms with E-state index in [0.29, 0.717) is 11.5 Å². The standard InChI is InChI=1S/C13H13N3O6/c1-22-6-5-14-10(17)7-15-12(18)8-3-2-4-9(16(20)21)11(8)13(15)19/h2-4H,5-7H2,1H3,(H,14,17). The number of nitrogens with one attached hydrogen (secondary N) is 1. The number of nitro groups is 1. The molecule has 0 unspecified atom stereocenters. The van der Waals surface area contributed by atoms with Gasteiger partial charge in [-0.3, -0.25) is 29.4 Å². The fraction of sp³-hybridized carbons (Fsp3) is 0.308. The molecule has 1 N–H and O–H groups in total. The largest absolute Gasteiger partial charge is 0.383 e. The Morgan fingerprint density at radius 1 is 1.36 bits per heavy atom. The highest BCUT2D eigenvalue weighted by Gasteiger charge is 2.41. The van der Waals surface area contributed by atoms with Gasteiger partial charge in [0, 0.05) is 19.7 Å². The molecular formula is C13H13N3O6. The van der Waals surface area contributed by atoms with Crippen molar-refractivity contribution in [1.29, 1.82) is 0 Å². The van der Waals surface area contributed by atoms with Gasteiger partial charge in [-0.15, -0.1) is 0 Å². The van der Waals surface area contributed by atoms with Crippen LogP contribution >= 0.6 is 0 Å². The van der Waals surface area contributed by atoms with Gasteiger partial charge in [0.2, 0.25) is 5.91 Å². The lowest BCUT2D eigenvalue weighted by Crippen LogP contribution is -2.41. The number of ether oxygens (including phenoxy) is 1. The molecule has 1 aliphatic rings. The lowest BCUT2D eigenvalue weighted by Gasteiger charge is -2.13. The van der Waals surface area contributed by atoms with Gasteiger partial charge in [0.25, 0.3) is 17.5 Å². The van der Waals surface area contributed by atoms with Crippen molar-refractivity contribution >= 4 is 23.4 Å². The second kappa shape index (κ2) is 6.31. The van der Waals surface area contributed by atoms with Gasteiger partial charge in [0.1, 0.15) is 12.1 Å². The quantitative estimate of drug-likeness (QED) is 0.341. The van der Waals surface area contributed by atoms with E-state index >= 15 is 0 Å². The molecule has 0 saturated carbocycles. The fourth-order valence-electron chi connectivity index (χ4n) is 2.10. The number of rotatable bonds is 6. The van der Waals surface area contributed by atoms with Crippen molar-refractivity contribution < 1.29 is 24.0 Å². The van der Waals surface area contributed by atoms with Crippen molar-refractivity contribution in [2.24, 2.45) is 0 Å². The second-order valence-electron chi connectivity index (χ2n) is 4.50. The number of amides is 3. The molecule has 22 heavy (non-hydrogen) atoms. The third kappa shape index (κ3) is 2.79. The Bertz CT molecular complexity index is 657. The number of nitro benzene ring substituents is 1. The van der Waals surface area contributed by atoms with Gasteiger partial charge < -0.3 is 10.1 Å². The maximum atomic E-state index is 12.2. The van der Waals surface area contributed by atoms with Gasteiger partial charge in [0.15, 0.2) is 0 Å². The Balaban J connectivity index is 2.19. The predicted octanol–water partition coefficient (Wildman–Crippen LogP) is -0.0466. The number of nitrogens with zero attached hydrogens (tertiary/aromatic N) is 2. The molecule has 1 aliphatic heterocycles. The van der Waals surface area contributed by atoms with Crippen LogP contribution in [0.15, 0.2) is 18.2 Å². The van der Waals surface area contributed by atoms with Gasteiger partial charge >= 0.3 is 0 Å². The number of benzene rings is 1. The van der Waals surface area contributed by atoms with Crippen LogP contribution in [0.2, 0.25) is 0 Å². The molecule has 0 bridgehead atoms. The Morgan fingerprint density at radius 2 is 2.09 bits per heavy atom.